The Bertz CT molecular complexity index is 11100. The monoisotopic (exact) mass is 1920 g/mol. The first-order valence-corrected chi connectivity index (χ1v) is 51.7. The average Bonchev–Trinajstić information content (AvgIpc) is 1.57. The molecule has 23 aromatic carbocycles. The van der Waals surface area contributed by atoms with E-state index in [9.17, 15) is 0 Å². The third kappa shape index (κ3) is 13.8. The van der Waals surface area contributed by atoms with Crippen LogP contribution in [0.3, 0.4) is 0 Å². The van der Waals surface area contributed by atoms with Gasteiger partial charge in [-0.1, -0.05) is 370 Å². The second-order valence-corrected chi connectivity index (χ2v) is 40.4. The van der Waals surface area contributed by atoms with E-state index in [1.807, 2.05) is 34.8 Å². The van der Waals surface area contributed by atoms with E-state index in [1.54, 1.807) is 0 Å². The van der Waals surface area contributed by atoms with E-state index >= 15 is 0 Å². The van der Waals surface area contributed by atoms with Crippen molar-refractivity contribution in [1.82, 2.24) is 48.2 Å². The summed E-state index contributed by atoms with van der Waals surface area (Å²) in [5.41, 5.74) is 26.0. The van der Waals surface area contributed by atoms with Crippen molar-refractivity contribution >= 4 is 226 Å². The fraction of sp³-hybridized carbons (Fsp3) is 0. The lowest BCUT2D eigenvalue weighted by Gasteiger charge is -2.13. The van der Waals surface area contributed by atoms with Crippen LogP contribution in [0.1, 0.15) is 0 Å². The predicted molar refractivity (Wildman–Crippen MR) is 624 cm³/mol. The number of para-hydroxylation sites is 7. The Morgan fingerprint density at radius 3 is 0.946 bits per heavy atom. The first-order valence-electron chi connectivity index (χ1n) is 50.1. The molecule has 9 aromatic heterocycles. The lowest BCUT2D eigenvalue weighted by atomic mass is 9.97. The predicted octanol–water partition coefficient (Wildman–Crippen LogP) is 36.6. The van der Waals surface area contributed by atoms with Gasteiger partial charge in [0.25, 0.3) is 0 Å². The number of benzene rings is 23. The Morgan fingerprint density at radius 1 is 0.142 bits per heavy atom. The average molecular weight is 1920 g/mol. The number of thiophene rings is 2. The van der Waals surface area contributed by atoms with Gasteiger partial charge in [-0.25, -0.2) is 29.9 Å². The topological polar surface area (TPSA) is 97.1 Å². The van der Waals surface area contributed by atoms with E-state index in [-0.39, 0.29) is 0 Å². The van der Waals surface area contributed by atoms with Crippen LogP contribution in [-0.4, -0.2) is 48.2 Å². The summed E-state index contributed by atoms with van der Waals surface area (Å²) in [7, 11) is 0. The molecule has 0 N–H and O–H groups in total. The first kappa shape index (κ1) is 84.4. The van der Waals surface area contributed by atoms with Gasteiger partial charge in [0.15, 0.2) is 0 Å². The van der Waals surface area contributed by atoms with Crippen molar-refractivity contribution in [2.75, 3.05) is 0 Å². The van der Waals surface area contributed by atoms with Crippen molar-refractivity contribution < 1.29 is 0 Å². The van der Waals surface area contributed by atoms with Crippen molar-refractivity contribution in [3.63, 3.8) is 0 Å². The van der Waals surface area contributed by atoms with Gasteiger partial charge in [-0.2, -0.15) is 0 Å². The van der Waals surface area contributed by atoms with Crippen LogP contribution in [0.5, 0.6) is 0 Å². The Morgan fingerprint density at radius 2 is 0.446 bits per heavy atom. The highest BCUT2D eigenvalue weighted by molar-refractivity contribution is 7.26. The molecule has 0 unspecified atom stereocenters. The molecule has 9 heterocycles. The van der Waals surface area contributed by atoms with Crippen LogP contribution < -0.4 is 0 Å². The van der Waals surface area contributed by atoms with Gasteiger partial charge in [-0.05, 0) is 204 Å². The zero-order valence-corrected chi connectivity index (χ0v) is 81.3. The Labute approximate surface area is 855 Å². The largest absolute Gasteiger partial charge is 0.309 e. The number of hydrogen-bond donors (Lipinski definition) is 0. The third-order valence-electron chi connectivity index (χ3n) is 29.9. The van der Waals surface area contributed by atoms with E-state index in [0.29, 0.717) is 17.8 Å². The maximum absolute atomic E-state index is 5.43. The van der Waals surface area contributed by atoms with Gasteiger partial charge in [-0.3, -0.25) is 13.7 Å². The van der Waals surface area contributed by atoms with E-state index in [4.69, 9.17) is 29.9 Å². The smallest absolute Gasteiger partial charge is 0.235 e. The highest BCUT2D eigenvalue weighted by atomic mass is 32.1. The second kappa shape index (κ2) is 34.3. The van der Waals surface area contributed by atoms with Crippen LogP contribution >= 0.6 is 22.7 Å². The van der Waals surface area contributed by atoms with Gasteiger partial charge in [0.1, 0.15) is 0 Å². The van der Waals surface area contributed by atoms with Crippen LogP contribution in [0.15, 0.2) is 497 Å². The fourth-order valence-corrected chi connectivity index (χ4v) is 25.2. The molecular formula is C136H82N10S2. The maximum atomic E-state index is 5.43. The quantitative estimate of drug-likeness (QED) is 0.135. The van der Waals surface area contributed by atoms with Crippen molar-refractivity contribution in [1.29, 1.82) is 0 Å². The standard InChI is InChI=1S/C48H30N4.C46H27N3S.C42H25N3S/c1-2-12-31(13-3-1)32-22-24-34(25-23-32)47-39-18-6-9-19-41(39)49-48(50-47)52-44-29-26-33-14-4-5-15-36(33)46(44)40-28-27-35(30-45(40)52)51-42-20-10-7-16-37(42)38-17-8-11-21-43(38)51;1-2-10-29-26-33(18-17-28(29)9-1)45-36-12-3-6-14-39(36)47-46(48-45)49-40-15-7-4-13-37(40)44-34-22-19-30(25-32(34)20-23-41(44)49)31-21-24-43-38(27-31)35-11-5-8-16-42(35)50-43;1-2-10-26(11-3-1)41-32-13-4-7-15-35(32)43-42(44-41)45-36-16-8-5-14-33(36)40-30-21-18-27(24-29(30)19-22-37(40)45)28-20-23-39-34(25-28)31-12-6-9-17-38(31)46-39/h1-30H;1-27H;1-25H. The van der Waals surface area contributed by atoms with Gasteiger partial charge in [0.2, 0.25) is 17.8 Å². The van der Waals surface area contributed by atoms with E-state index in [0.717, 1.165) is 105 Å². The zero-order chi connectivity index (χ0) is 97.1. The summed E-state index contributed by atoms with van der Waals surface area (Å²) in [4.78, 5) is 31.6. The molecule has 10 nitrogen and oxygen atoms in total. The van der Waals surface area contributed by atoms with Gasteiger partial charge in [-0.15, -0.1) is 22.7 Å². The van der Waals surface area contributed by atoms with Gasteiger partial charge in [0.05, 0.1) is 77.8 Å². The van der Waals surface area contributed by atoms with Crippen LogP contribution in [0, 0.1) is 0 Å². The summed E-state index contributed by atoms with van der Waals surface area (Å²) in [6.07, 6.45) is 0. The maximum Gasteiger partial charge on any atom is 0.235 e. The van der Waals surface area contributed by atoms with Crippen molar-refractivity contribution in [3.8, 4) is 90.7 Å². The molecule has 0 atom stereocenters. The third-order valence-corrected chi connectivity index (χ3v) is 32.2. The first-order chi connectivity index (χ1) is 73.4. The lowest BCUT2D eigenvalue weighted by molar-refractivity contribution is 1.01. The molecule has 688 valence electrons. The van der Waals surface area contributed by atoms with Gasteiger partial charge in [0, 0.05) is 122 Å². The summed E-state index contributed by atoms with van der Waals surface area (Å²) < 4.78 is 14.4. The highest BCUT2D eigenvalue weighted by Crippen LogP contribution is 2.48. The molecule has 0 aliphatic rings. The molecular weight excluding hydrogens is 1840 g/mol. The van der Waals surface area contributed by atoms with Crippen LogP contribution in [0.25, 0.3) is 294 Å². The van der Waals surface area contributed by atoms with Gasteiger partial charge < -0.3 is 4.57 Å². The Kier molecular flexibility index (Phi) is 19.6. The summed E-state index contributed by atoms with van der Waals surface area (Å²) in [6.45, 7) is 0. The summed E-state index contributed by atoms with van der Waals surface area (Å²) in [6, 6.07) is 178. The normalized spacial score (nSPS) is 11.9. The molecule has 0 bridgehead atoms. The molecule has 148 heavy (non-hydrogen) atoms. The number of aromatic nitrogens is 10. The molecule has 0 amide bonds. The van der Waals surface area contributed by atoms with Gasteiger partial charge >= 0.3 is 0 Å². The Balaban J connectivity index is 0.000000103. The van der Waals surface area contributed by atoms with E-state index < -0.39 is 0 Å². The molecule has 32 aromatic rings. The Hall–Kier alpha value is -19.2. The zero-order valence-electron chi connectivity index (χ0n) is 79.6. The summed E-state index contributed by atoms with van der Waals surface area (Å²) in [5.74, 6) is 2.00. The SMILES string of the molecule is c1ccc(-c2ccc(-c3nc(-n4c5cc(-n6c7ccccc7c7ccccc76)ccc5c5c6ccccc6ccc54)nc4ccccc34)cc2)cc1.c1ccc(-c2nc(-n3c4ccccc4c4c5ccc(-c6ccc7sc8ccccc8c7c6)cc5ccc43)nc3ccccc23)cc1.c1ccc2cc(-c3nc(-n4c5ccccc5c5c6ccc(-c7ccc8sc9ccccc9c8c7)cc6ccc54)nc4ccccc34)ccc2c1. The number of fused-ring (bicyclic) bond motifs is 28. The van der Waals surface area contributed by atoms with Crippen LogP contribution in [-0.2, 0) is 0 Å². The fourth-order valence-electron chi connectivity index (χ4n) is 23.1. The molecule has 0 saturated heterocycles. The number of rotatable bonds is 10. The summed E-state index contributed by atoms with van der Waals surface area (Å²) in [5, 5.41) is 27.8. The number of nitrogens with zero attached hydrogens (tertiary/aromatic N) is 10. The van der Waals surface area contributed by atoms with Crippen LogP contribution in [0.2, 0.25) is 0 Å². The molecule has 0 radical (unpaired) electrons. The summed E-state index contributed by atoms with van der Waals surface area (Å²) >= 11 is 3.72. The highest BCUT2D eigenvalue weighted by Gasteiger charge is 2.27. The molecule has 32 rings (SSSR count). The molecule has 0 saturated carbocycles. The number of hydrogen-bond acceptors (Lipinski definition) is 8. The molecule has 0 aliphatic heterocycles. The second-order valence-electron chi connectivity index (χ2n) is 38.2. The molecule has 0 aliphatic carbocycles. The minimum atomic E-state index is 0.649. The van der Waals surface area contributed by atoms with Crippen molar-refractivity contribution in [2.24, 2.45) is 0 Å². The minimum Gasteiger partial charge on any atom is -0.309 e. The van der Waals surface area contributed by atoms with E-state index in [2.05, 4.69) is 504 Å². The minimum absolute atomic E-state index is 0.649. The lowest BCUT2D eigenvalue weighted by Crippen LogP contribution is -2.04. The molecule has 0 spiro atoms. The van der Waals surface area contributed by atoms with E-state index in [1.165, 1.54) is 171 Å². The van der Waals surface area contributed by atoms with Crippen LogP contribution in [0.4, 0.5) is 0 Å². The molecule has 0 fully saturated rings. The molecule has 12 heteroatoms. The van der Waals surface area contributed by atoms with Crippen molar-refractivity contribution in [3.05, 3.63) is 497 Å². The van der Waals surface area contributed by atoms with Crippen molar-refractivity contribution in [2.45, 2.75) is 0 Å².